The Hall–Kier alpha value is -3.16. The number of hydrogen-bond donors (Lipinski definition) is 2. The number of rotatable bonds is 3. The molecule has 0 unspecified atom stereocenters. The second-order valence-corrected chi connectivity index (χ2v) is 7.31. The van der Waals surface area contributed by atoms with Gasteiger partial charge in [0.05, 0.1) is 11.4 Å². The first-order valence-corrected chi connectivity index (χ1v) is 9.39. The molecule has 0 aliphatic carbocycles. The van der Waals surface area contributed by atoms with Crippen LogP contribution in [0.25, 0.3) is 15.9 Å². The van der Waals surface area contributed by atoms with Crippen LogP contribution in [0.2, 0.25) is 5.02 Å². The van der Waals surface area contributed by atoms with Crippen LogP contribution in [-0.4, -0.2) is 26.8 Å². The molecule has 3 N–H and O–H groups in total. The number of carbonyl (C=O) groups is 2. The summed E-state index contributed by atoms with van der Waals surface area (Å²) >= 11 is 6.83. The zero-order valence-electron chi connectivity index (χ0n) is 14.8. The molecule has 0 bridgehead atoms. The third-order valence-electron chi connectivity index (χ3n) is 3.87. The molecule has 0 aliphatic rings. The van der Waals surface area contributed by atoms with E-state index in [2.05, 4.69) is 5.10 Å². The summed E-state index contributed by atoms with van der Waals surface area (Å²) in [6, 6.07) is 17.9. The minimum absolute atomic E-state index is 0.343. The van der Waals surface area contributed by atoms with Gasteiger partial charge >= 0.3 is 5.97 Å². The van der Waals surface area contributed by atoms with Crippen LogP contribution in [0.3, 0.4) is 0 Å². The Morgan fingerprint density at radius 2 is 1.82 bits per heavy atom. The average molecular weight is 414 g/mol. The maximum absolute atomic E-state index is 11.0. The van der Waals surface area contributed by atoms with Crippen LogP contribution in [0.15, 0.2) is 60.7 Å². The molecule has 2 aromatic heterocycles. The second-order valence-electron chi connectivity index (χ2n) is 5.84. The SMILES string of the molecule is Cc1nn(-c2ccccc2)c2sc(C(=O)O)cc12.NC(=O)c1cccc(Cl)c1. The van der Waals surface area contributed by atoms with Crippen molar-refractivity contribution in [2.24, 2.45) is 5.73 Å². The van der Waals surface area contributed by atoms with Crippen LogP contribution in [0.5, 0.6) is 0 Å². The molecule has 0 fully saturated rings. The number of nitrogens with two attached hydrogens (primary N) is 1. The number of thiophene rings is 1. The molecule has 8 heteroatoms. The lowest BCUT2D eigenvalue weighted by Crippen LogP contribution is -2.10. The molecule has 2 aromatic carbocycles. The summed E-state index contributed by atoms with van der Waals surface area (Å²) in [6.45, 7) is 1.89. The third-order valence-corrected chi connectivity index (χ3v) is 5.20. The fourth-order valence-corrected chi connectivity index (χ4v) is 3.75. The van der Waals surface area contributed by atoms with Crippen LogP contribution in [0.4, 0.5) is 0 Å². The van der Waals surface area contributed by atoms with E-state index in [1.54, 1.807) is 28.9 Å². The number of primary amides is 1. The number of fused-ring (bicyclic) bond motifs is 1. The highest BCUT2D eigenvalue weighted by Crippen LogP contribution is 2.30. The summed E-state index contributed by atoms with van der Waals surface area (Å²) in [5, 5.41) is 14.9. The van der Waals surface area contributed by atoms with Gasteiger partial charge < -0.3 is 10.8 Å². The molecule has 0 saturated carbocycles. The van der Waals surface area contributed by atoms with Gasteiger partial charge in [0.1, 0.15) is 9.71 Å². The molecule has 28 heavy (non-hydrogen) atoms. The number of benzene rings is 2. The number of aromatic carboxylic acids is 1. The number of carbonyl (C=O) groups excluding carboxylic acids is 1. The molecule has 1 amide bonds. The van der Waals surface area contributed by atoms with Gasteiger partial charge in [0, 0.05) is 16.0 Å². The van der Waals surface area contributed by atoms with Crippen molar-refractivity contribution >= 4 is 45.0 Å². The Kier molecular flexibility index (Phi) is 5.77. The fraction of sp³-hybridized carbons (Fsp3) is 0.0500. The Labute approximate surface area is 169 Å². The second kappa shape index (κ2) is 8.24. The van der Waals surface area contributed by atoms with Crippen LogP contribution < -0.4 is 5.73 Å². The first-order valence-electron chi connectivity index (χ1n) is 8.20. The normalized spacial score (nSPS) is 10.4. The van der Waals surface area contributed by atoms with Gasteiger partial charge in [-0.2, -0.15) is 5.10 Å². The molecule has 4 rings (SSSR count). The van der Waals surface area contributed by atoms with E-state index < -0.39 is 11.9 Å². The number of carboxylic acid groups (broad SMARTS) is 1. The highest BCUT2D eigenvalue weighted by molar-refractivity contribution is 7.20. The summed E-state index contributed by atoms with van der Waals surface area (Å²) in [7, 11) is 0. The summed E-state index contributed by atoms with van der Waals surface area (Å²) in [5.74, 6) is -1.35. The van der Waals surface area contributed by atoms with E-state index in [1.807, 2.05) is 37.3 Å². The molecule has 2 heterocycles. The van der Waals surface area contributed by atoms with Crippen molar-refractivity contribution in [1.82, 2.24) is 9.78 Å². The van der Waals surface area contributed by atoms with Crippen LogP contribution >= 0.6 is 22.9 Å². The number of aryl methyl sites for hydroxylation is 1. The number of halogens is 1. The third kappa shape index (κ3) is 4.21. The minimum Gasteiger partial charge on any atom is -0.477 e. The first-order chi connectivity index (χ1) is 13.4. The Balaban J connectivity index is 0.000000192. The molecule has 4 aromatic rings. The van der Waals surface area contributed by atoms with E-state index in [4.69, 9.17) is 22.4 Å². The Morgan fingerprint density at radius 1 is 1.11 bits per heavy atom. The van der Waals surface area contributed by atoms with E-state index in [9.17, 15) is 9.59 Å². The fourth-order valence-electron chi connectivity index (χ4n) is 2.54. The van der Waals surface area contributed by atoms with Gasteiger partial charge in [-0.25, -0.2) is 9.48 Å². The lowest BCUT2D eigenvalue weighted by atomic mass is 10.2. The van der Waals surface area contributed by atoms with Crippen LogP contribution in [0.1, 0.15) is 25.7 Å². The van der Waals surface area contributed by atoms with Crippen molar-refractivity contribution in [3.8, 4) is 5.69 Å². The molecule has 0 saturated heterocycles. The van der Waals surface area contributed by atoms with Gasteiger partial charge in [0.2, 0.25) is 5.91 Å². The zero-order valence-corrected chi connectivity index (χ0v) is 16.4. The molecule has 6 nitrogen and oxygen atoms in total. The van der Waals surface area contributed by atoms with Crippen molar-refractivity contribution in [2.45, 2.75) is 6.92 Å². The largest absolute Gasteiger partial charge is 0.477 e. The number of amides is 1. The summed E-state index contributed by atoms with van der Waals surface area (Å²) in [6.07, 6.45) is 0. The van der Waals surface area contributed by atoms with Crippen molar-refractivity contribution in [3.05, 3.63) is 81.8 Å². The standard InChI is InChI=1S/C13H10N2O2S.C7H6ClNO/c1-8-10-7-11(13(16)17)18-12(10)15(14-8)9-5-3-2-4-6-9;8-6-3-1-2-5(4-6)7(9)10/h2-7H,1H3,(H,16,17);1-4H,(H2,9,10). The molecule has 0 aliphatic heterocycles. The van der Waals surface area contributed by atoms with E-state index in [0.717, 1.165) is 21.6 Å². The number of carboxylic acids is 1. The Morgan fingerprint density at radius 3 is 2.39 bits per heavy atom. The lowest BCUT2D eigenvalue weighted by molar-refractivity contribution is 0.0702. The van der Waals surface area contributed by atoms with E-state index in [-0.39, 0.29) is 0 Å². The van der Waals surface area contributed by atoms with Crippen LogP contribution in [-0.2, 0) is 0 Å². The average Bonchev–Trinajstić information content (AvgIpc) is 3.24. The van der Waals surface area contributed by atoms with E-state index in [1.165, 1.54) is 17.4 Å². The molecule has 0 radical (unpaired) electrons. The molecular weight excluding hydrogens is 398 g/mol. The van der Waals surface area contributed by atoms with Gasteiger partial charge in [-0.15, -0.1) is 11.3 Å². The van der Waals surface area contributed by atoms with Gasteiger partial charge in [-0.3, -0.25) is 4.79 Å². The predicted molar refractivity (Wildman–Crippen MR) is 111 cm³/mol. The van der Waals surface area contributed by atoms with E-state index in [0.29, 0.717) is 15.5 Å². The topological polar surface area (TPSA) is 98.2 Å². The Bertz CT molecular complexity index is 1150. The quantitative estimate of drug-likeness (QED) is 0.515. The lowest BCUT2D eigenvalue weighted by Gasteiger charge is -2.00. The van der Waals surface area contributed by atoms with Crippen molar-refractivity contribution in [1.29, 1.82) is 0 Å². The molecule has 0 spiro atoms. The summed E-state index contributed by atoms with van der Waals surface area (Å²) in [4.78, 5) is 22.7. The maximum atomic E-state index is 11.0. The van der Waals surface area contributed by atoms with Gasteiger partial charge in [0.15, 0.2) is 0 Å². The highest BCUT2D eigenvalue weighted by Gasteiger charge is 2.16. The van der Waals surface area contributed by atoms with Crippen LogP contribution in [0, 0.1) is 6.92 Å². The highest BCUT2D eigenvalue weighted by atomic mass is 35.5. The molecular formula is C20H16ClN3O3S. The number of aromatic nitrogens is 2. The molecule has 0 atom stereocenters. The number of hydrogen-bond acceptors (Lipinski definition) is 4. The smallest absolute Gasteiger partial charge is 0.345 e. The van der Waals surface area contributed by atoms with Crippen molar-refractivity contribution in [3.63, 3.8) is 0 Å². The number of nitrogens with zero attached hydrogens (tertiary/aromatic N) is 2. The minimum atomic E-state index is -0.893. The van der Waals surface area contributed by atoms with Gasteiger partial charge in [0.25, 0.3) is 0 Å². The van der Waals surface area contributed by atoms with Crippen molar-refractivity contribution in [2.75, 3.05) is 0 Å². The maximum Gasteiger partial charge on any atom is 0.345 e. The predicted octanol–water partition coefficient (Wildman–Crippen LogP) is 4.53. The summed E-state index contributed by atoms with van der Waals surface area (Å²) < 4.78 is 1.79. The summed E-state index contributed by atoms with van der Waals surface area (Å²) in [5.41, 5.74) is 7.21. The molecule has 142 valence electrons. The first kappa shape index (κ1) is 19.6. The van der Waals surface area contributed by atoms with Gasteiger partial charge in [-0.05, 0) is 43.3 Å². The van der Waals surface area contributed by atoms with Gasteiger partial charge in [-0.1, -0.05) is 35.9 Å². The van der Waals surface area contributed by atoms with E-state index >= 15 is 0 Å². The number of para-hydroxylation sites is 1. The monoisotopic (exact) mass is 413 g/mol. The zero-order chi connectivity index (χ0) is 20.3. The van der Waals surface area contributed by atoms with Crippen molar-refractivity contribution < 1.29 is 14.7 Å².